The van der Waals surface area contributed by atoms with Crippen molar-refractivity contribution in [2.24, 2.45) is 7.05 Å². The van der Waals surface area contributed by atoms with Gasteiger partial charge in [-0.25, -0.2) is 4.57 Å². The van der Waals surface area contributed by atoms with Crippen molar-refractivity contribution in [1.82, 2.24) is 0 Å². The lowest BCUT2D eigenvalue weighted by molar-refractivity contribution is -0.658. The molecule has 0 atom stereocenters. The van der Waals surface area contributed by atoms with Gasteiger partial charge in [0.15, 0.2) is 0 Å². The third kappa shape index (κ3) is 2.39. The van der Waals surface area contributed by atoms with E-state index in [2.05, 4.69) is 0 Å². The third-order valence-electron chi connectivity index (χ3n) is 1.21. The third-order valence-corrected chi connectivity index (χ3v) is 2.18. The first kappa shape index (κ1) is 12.8. The summed E-state index contributed by atoms with van der Waals surface area (Å²) in [4.78, 5) is 0. The van der Waals surface area contributed by atoms with E-state index >= 15 is 0 Å². The van der Waals surface area contributed by atoms with Crippen LogP contribution in [-0.4, -0.2) is 5.48 Å². The number of aryl methyl sites for hydroxylation is 1. The highest BCUT2D eigenvalue weighted by molar-refractivity contribution is 7.13. The largest absolute Gasteiger partial charge is 1.00 e. The first-order valence-corrected chi connectivity index (χ1v) is 3.29. The van der Waals surface area contributed by atoms with Crippen molar-refractivity contribution >= 4 is 16.5 Å². The zero-order valence-corrected chi connectivity index (χ0v) is 8.86. The predicted octanol–water partition coefficient (Wildman–Crippen LogP) is -3.36. The summed E-state index contributed by atoms with van der Waals surface area (Å²) in [5, 5.41) is 2.90. The van der Waals surface area contributed by atoms with Gasteiger partial charge in [-0.05, 0) is 6.92 Å². The van der Waals surface area contributed by atoms with Crippen LogP contribution in [-0.2, 0) is 7.05 Å². The molecule has 1 aromatic heterocycles. The Balaban J connectivity index is 0. The molecule has 0 bridgehead atoms. The van der Waals surface area contributed by atoms with E-state index in [0.717, 1.165) is 5.13 Å². The molecule has 3 nitrogen and oxygen atoms in total. The molecule has 0 spiro atoms. The minimum absolute atomic E-state index is 0. The molecule has 0 aliphatic carbocycles. The number of hydrogen-bond acceptors (Lipinski definition) is 2. The van der Waals surface area contributed by atoms with E-state index in [1.165, 1.54) is 5.69 Å². The zero-order valence-electron chi connectivity index (χ0n) is 5.89. The fourth-order valence-corrected chi connectivity index (χ4v) is 1.23. The summed E-state index contributed by atoms with van der Waals surface area (Å²) < 4.78 is 1.96. The molecule has 0 aliphatic heterocycles. The fraction of sp³-hybridized carbons (Fsp3) is 0.400. The molecular formula is C5H11IN2OS. The van der Waals surface area contributed by atoms with Crippen LogP contribution in [0.2, 0.25) is 0 Å². The van der Waals surface area contributed by atoms with Gasteiger partial charge >= 0.3 is 5.13 Å². The molecule has 0 aliphatic rings. The van der Waals surface area contributed by atoms with E-state index in [0.29, 0.717) is 0 Å². The Kier molecular flexibility index (Phi) is 6.21. The van der Waals surface area contributed by atoms with Crippen molar-refractivity contribution in [1.29, 1.82) is 0 Å². The van der Waals surface area contributed by atoms with Gasteiger partial charge in [0.2, 0.25) is 0 Å². The Morgan fingerprint density at radius 3 is 2.20 bits per heavy atom. The van der Waals surface area contributed by atoms with E-state index in [9.17, 15) is 0 Å². The van der Waals surface area contributed by atoms with E-state index in [1.54, 1.807) is 11.3 Å². The van der Waals surface area contributed by atoms with Crippen LogP contribution in [0.5, 0.6) is 0 Å². The minimum Gasteiger partial charge on any atom is -1.00 e. The maximum atomic E-state index is 5.52. The van der Waals surface area contributed by atoms with Gasteiger partial charge in [-0.3, -0.25) is 5.73 Å². The maximum absolute atomic E-state index is 5.52. The molecule has 0 fully saturated rings. The van der Waals surface area contributed by atoms with E-state index < -0.39 is 0 Å². The van der Waals surface area contributed by atoms with Crippen LogP contribution in [0.15, 0.2) is 5.38 Å². The molecule has 0 unspecified atom stereocenters. The lowest BCUT2D eigenvalue weighted by Crippen LogP contribution is -3.00. The van der Waals surface area contributed by atoms with Crippen molar-refractivity contribution in [3.05, 3.63) is 11.1 Å². The summed E-state index contributed by atoms with van der Waals surface area (Å²) in [6.07, 6.45) is 0. The Labute approximate surface area is 81.2 Å². The molecule has 0 radical (unpaired) electrons. The summed E-state index contributed by atoms with van der Waals surface area (Å²) >= 11 is 1.57. The molecule has 0 saturated carbocycles. The highest BCUT2D eigenvalue weighted by atomic mass is 127. The maximum Gasteiger partial charge on any atom is 0.331 e. The smallest absolute Gasteiger partial charge is 0.331 e. The Hall–Kier alpha value is 0.120. The number of halogens is 1. The molecule has 1 heterocycles. The summed E-state index contributed by atoms with van der Waals surface area (Å²) in [7, 11) is 1.96. The summed E-state index contributed by atoms with van der Waals surface area (Å²) in [5.74, 6) is 0. The molecule has 4 N–H and O–H groups in total. The summed E-state index contributed by atoms with van der Waals surface area (Å²) in [5.41, 5.74) is 6.74. The molecule has 10 heavy (non-hydrogen) atoms. The first-order valence-electron chi connectivity index (χ1n) is 2.41. The second-order valence-electron chi connectivity index (χ2n) is 1.77. The molecule has 0 amide bonds. The van der Waals surface area contributed by atoms with Crippen molar-refractivity contribution < 1.29 is 34.0 Å². The van der Waals surface area contributed by atoms with E-state index in [-0.39, 0.29) is 29.5 Å². The minimum atomic E-state index is 0. The number of nitrogens with zero attached hydrogens (tertiary/aromatic N) is 1. The van der Waals surface area contributed by atoms with Gasteiger partial charge in [-0.1, -0.05) is 11.3 Å². The van der Waals surface area contributed by atoms with Crippen LogP contribution in [0, 0.1) is 6.92 Å². The van der Waals surface area contributed by atoms with Gasteiger partial charge in [0.05, 0.1) is 7.05 Å². The number of anilines is 1. The van der Waals surface area contributed by atoms with Gasteiger partial charge in [-0.2, -0.15) is 0 Å². The Morgan fingerprint density at radius 2 is 2.10 bits per heavy atom. The Morgan fingerprint density at radius 1 is 1.60 bits per heavy atom. The van der Waals surface area contributed by atoms with Crippen LogP contribution in [0.3, 0.4) is 0 Å². The normalized spacial score (nSPS) is 7.80. The average Bonchev–Trinajstić information content (AvgIpc) is 1.98. The summed E-state index contributed by atoms with van der Waals surface area (Å²) in [6, 6.07) is 0. The van der Waals surface area contributed by atoms with Crippen LogP contribution in [0.4, 0.5) is 5.13 Å². The van der Waals surface area contributed by atoms with Gasteiger partial charge in [0.1, 0.15) is 5.69 Å². The van der Waals surface area contributed by atoms with Crippen LogP contribution in [0.25, 0.3) is 0 Å². The molecular weight excluding hydrogens is 263 g/mol. The van der Waals surface area contributed by atoms with Gasteiger partial charge in [-0.15, -0.1) is 0 Å². The number of nitrogen functional groups attached to an aromatic ring is 1. The van der Waals surface area contributed by atoms with Crippen LogP contribution >= 0.6 is 11.3 Å². The highest BCUT2D eigenvalue weighted by Crippen LogP contribution is 2.05. The van der Waals surface area contributed by atoms with E-state index in [4.69, 9.17) is 5.73 Å². The van der Waals surface area contributed by atoms with Gasteiger partial charge < -0.3 is 29.5 Å². The second kappa shape index (κ2) is 4.86. The fourth-order valence-electron chi connectivity index (χ4n) is 0.478. The molecule has 1 aromatic rings. The number of rotatable bonds is 0. The van der Waals surface area contributed by atoms with E-state index in [1.807, 2.05) is 23.9 Å². The van der Waals surface area contributed by atoms with Gasteiger partial charge in [0, 0.05) is 5.38 Å². The van der Waals surface area contributed by atoms with Crippen molar-refractivity contribution in [2.75, 3.05) is 5.73 Å². The second-order valence-corrected chi connectivity index (χ2v) is 2.66. The number of hydrogen-bond donors (Lipinski definition) is 1. The predicted molar refractivity (Wildman–Crippen MR) is 38.3 cm³/mol. The molecule has 60 valence electrons. The lowest BCUT2D eigenvalue weighted by Gasteiger charge is -1.84. The van der Waals surface area contributed by atoms with Crippen LogP contribution < -0.4 is 34.3 Å². The van der Waals surface area contributed by atoms with Crippen molar-refractivity contribution in [3.8, 4) is 0 Å². The monoisotopic (exact) mass is 274 g/mol. The van der Waals surface area contributed by atoms with Gasteiger partial charge in [0.25, 0.3) is 0 Å². The summed E-state index contributed by atoms with van der Waals surface area (Å²) in [6.45, 7) is 2.03. The zero-order chi connectivity index (χ0) is 6.15. The molecule has 5 heteroatoms. The van der Waals surface area contributed by atoms with Crippen molar-refractivity contribution in [2.45, 2.75) is 6.92 Å². The standard InChI is InChI=1S/C5H8N2S.HI.H2O/c1-4-3-8-5(6)7(4)2;;/h3,6H,1-2H3;1H;1H2. The van der Waals surface area contributed by atoms with Crippen LogP contribution in [0.1, 0.15) is 5.69 Å². The Bertz CT molecular complexity index is 182. The topological polar surface area (TPSA) is 61.4 Å². The molecule has 0 aromatic carbocycles. The first-order chi connectivity index (χ1) is 3.72. The quantitative estimate of drug-likeness (QED) is 0.390. The lowest BCUT2D eigenvalue weighted by atomic mass is 10.6. The molecule has 0 saturated heterocycles. The van der Waals surface area contributed by atoms with Crippen molar-refractivity contribution in [3.63, 3.8) is 0 Å². The average molecular weight is 274 g/mol. The number of aromatic nitrogens is 1. The number of thiazole rings is 1. The highest BCUT2D eigenvalue weighted by Gasteiger charge is 2.02. The SMILES string of the molecule is Cc1csc(N)[n+]1C.O.[I-]. The molecule has 1 rings (SSSR count). The number of nitrogens with two attached hydrogens (primary N) is 1.